The highest BCUT2D eigenvalue weighted by Crippen LogP contribution is 2.43. The summed E-state index contributed by atoms with van der Waals surface area (Å²) in [4.78, 5) is 27.7. The molecule has 0 aliphatic carbocycles. The van der Waals surface area contributed by atoms with Crippen LogP contribution in [0.5, 0.6) is 0 Å². The fourth-order valence-corrected chi connectivity index (χ4v) is 4.40. The van der Waals surface area contributed by atoms with Gasteiger partial charge in [0.2, 0.25) is 0 Å². The van der Waals surface area contributed by atoms with Gasteiger partial charge in [-0.1, -0.05) is 23.7 Å². The van der Waals surface area contributed by atoms with Crippen molar-refractivity contribution in [1.29, 1.82) is 0 Å². The average Bonchev–Trinajstić information content (AvgIpc) is 3.41. The Morgan fingerprint density at radius 1 is 1.12 bits per heavy atom. The lowest BCUT2D eigenvalue weighted by Gasteiger charge is -2.27. The van der Waals surface area contributed by atoms with Gasteiger partial charge in [-0.15, -0.1) is 10.2 Å². The van der Waals surface area contributed by atoms with E-state index in [1.54, 1.807) is 24.0 Å². The monoisotopic (exact) mass is 449 g/mol. The van der Waals surface area contributed by atoms with Gasteiger partial charge in [0, 0.05) is 23.8 Å². The second kappa shape index (κ2) is 7.16. The molecule has 9 nitrogen and oxygen atoms in total. The van der Waals surface area contributed by atoms with E-state index in [9.17, 15) is 9.59 Å². The third kappa shape index (κ3) is 2.81. The van der Waals surface area contributed by atoms with Crippen molar-refractivity contribution < 1.29 is 9.59 Å². The van der Waals surface area contributed by atoms with E-state index in [1.807, 2.05) is 42.6 Å². The zero-order valence-electron chi connectivity index (χ0n) is 17.9. The first kappa shape index (κ1) is 20.2. The lowest BCUT2D eigenvalue weighted by atomic mass is 9.99. The van der Waals surface area contributed by atoms with Gasteiger partial charge in [-0.25, -0.2) is 4.79 Å². The number of hydrogen-bond donors (Lipinski definition) is 1. The molecule has 3 aromatic heterocycles. The third-order valence-electron chi connectivity index (χ3n) is 5.83. The van der Waals surface area contributed by atoms with E-state index in [-0.39, 0.29) is 11.6 Å². The first-order valence-electron chi connectivity index (χ1n) is 10.0. The van der Waals surface area contributed by atoms with Crippen molar-refractivity contribution in [2.24, 2.45) is 0 Å². The number of rotatable bonds is 2. The zero-order chi connectivity index (χ0) is 22.7. The van der Waals surface area contributed by atoms with Crippen LogP contribution in [0.15, 0.2) is 36.5 Å². The first-order chi connectivity index (χ1) is 15.3. The maximum absolute atomic E-state index is 13.6. The van der Waals surface area contributed by atoms with Crippen molar-refractivity contribution in [3.05, 3.63) is 75.5 Å². The number of halogens is 1. The number of anilines is 1. The minimum Gasteiger partial charge on any atom is -0.339 e. The number of carbonyl (C=O) groups is 2. The molecule has 1 N–H and O–H groups in total. The van der Waals surface area contributed by atoms with Crippen LogP contribution in [-0.2, 0) is 0 Å². The van der Waals surface area contributed by atoms with Crippen LogP contribution < -0.4 is 10.2 Å². The standard InChI is InChI=1S/C22H20ClN7O2/c1-11-9-16(10-28-13(3)25-26-20(11)28)29-19(14-5-7-15(23)8-6-14)17-12(2)30(22(32)24-4)27-18(17)21(29)31/h5-10,19H,1-4H3,(H,24,32). The smallest absolute Gasteiger partial charge is 0.339 e. The molecule has 10 heteroatoms. The van der Waals surface area contributed by atoms with Gasteiger partial charge in [0.15, 0.2) is 11.3 Å². The highest BCUT2D eigenvalue weighted by molar-refractivity contribution is 6.30. The molecule has 5 rings (SSSR count). The van der Waals surface area contributed by atoms with Gasteiger partial charge in [-0.2, -0.15) is 9.78 Å². The lowest BCUT2D eigenvalue weighted by Crippen LogP contribution is -2.32. The Kier molecular flexibility index (Phi) is 4.52. The van der Waals surface area contributed by atoms with Crippen LogP contribution in [-0.4, -0.2) is 43.4 Å². The molecule has 1 aliphatic rings. The van der Waals surface area contributed by atoms with Crippen LogP contribution in [0.4, 0.5) is 10.5 Å². The van der Waals surface area contributed by atoms with E-state index in [0.29, 0.717) is 22.0 Å². The number of amides is 2. The largest absolute Gasteiger partial charge is 0.342 e. The molecule has 4 heterocycles. The summed E-state index contributed by atoms with van der Waals surface area (Å²) >= 11 is 6.12. The van der Waals surface area contributed by atoms with E-state index >= 15 is 0 Å². The Bertz CT molecular complexity index is 1400. The van der Waals surface area contributed by atoms with Gasteiger partial charge >= 0.3 is 6.03 Å². The van der Waals surface area contributed by atoms with Crippen LogP contribution in [0.3, 0.4) is 0 Å². The molecule has 1 aromatic carbocycles. The van der Waals surface area contributed by atoms with Crippen molar-refractivity contribution in [3.8, 4) is 0 Å². The second-order valence-corrected chi connectivity index (χ2v) is 8.20. The summed E-state index contributed by atoms with van der Waals surface area (Å²) in [5.74, 6) is 0.438. The summed E-state index contributed by atoms with van der Waals surface area (Å²) in [7, 11) is 1.53. The van der Waals surface area contributed by atoms with E-state index in [0.717, 1.165) is 22.6 Å². The molecule has 0 fully saturated rings. The summed E-state index contributed by atoms with van der Waals surface area (Å²) in [6.07, 6.45) is 1.85. The van der Waals surface area contributed by atoms with Gasteiger partial charge in [0.25, 0.3) is 5.91 Å². The van der Waals surface area contributed by atoms with Gasteiger partial charge in [-0.05, 0) is 50.1 Å². The number of aromatic nitrogens is 5. The van der Waals surface area contributed by atoms with E-state index < -0.39 is 12.1 Å². The summed E-state index contributed by atoms with van der Waals surface area (Å²) in [6, 6.07) is 8.38. The Morgan fingerprint density at radius 2 is 1.84 bits per heavy atom. The molecule has 32 heavy (non-hydrogen) atoms. The molecule has 0 radical (unpaired) electrons. The number of benzene rings is 1. The van der Waals surface area contributed by atoms with Crippen LogP contribution in [0.25, 0.3) is 5.65 Å². The van der Waals surface area contributed by atoms with Crippen LogP contribution in [0, 0.1) is 20.8 Å². The summed E-state index contributed by atoms with van der Waals surface area (Å²) in [5, 5.41) is 15.9. The van der Waals surface area contributed by atoms with E-state index in [4.69, 9.17) is 11.6 Å². The fraction of sp³-hybridized carbons (Fsp3) is 0.227. The summed E-state index contributed by atoms with van der Waals surface area (Å²) < 4.78 is 3.10. The molecular weight excluding hydrogens is 430 g/mol. The zero-order valence-corrected chi connectivity index (χ0v) is 18.7. The quantitative estimate of drug-likeness (QED) is 0.505. The van der Waals surface area contributed by atoms with Crippen molar-refractivity contribution in [2.75, 3.05) is 11.9 Å². The molecule has 1 unspecified atom stereocenters. The Morgan fingerprint density at radius 3 is 2.53 bits per heavy atom. The molecule has 162 valence electrons. The van der Waals surface area contributed by atoms with Crippen LogP contribution >= 0.6 is 11.6 Å². The number of nitrogens with one attached hydrogen (secondary N) is 1. The SMILES string of the molecule is CNC(=O)n1nc2c(c1C)C(c1ccc(Cl)cc1)N(c1cc(C)c3nnc(C)n3c1)C2=O. The third-order valence-corrected chi connectivity index (χ3v) is 6.08. The number of carbonyl (C=O) groups excluding carboxylic acids is 2. The number of aryl methyl sites for hydroxylation is 2. The maximum Gasteiger partial charge on any atom is 0.342 e. The molecule has 1 atom stereocenters. The lowest BCUT2D eigenvalue weighted by molar-refractivity contribution is 0.0988. The molecule has 0 saturated heterocycles. The minimum absolute atomic E-state index is 0.254. The van der Waals surface area contributed by atoms with Gasteiger partial charge in [0.1, 0.15) is 5.82 Å². The van der Waals surface area contributed by atoms with Crippen molar-refractivity contribution in [1.82, 2.24) is 29.7 Å². The van der Waals surface area contributed by atoms with Crippen LogP contribution in [0.2, 0.25) is 5.02 Å². The Labute approximate surface area is 188 Å². The molecular formula is C22H20ClN7O2. The molecule has 4 aromatic rings. The van der Waals surface area contributed by atoms with Crippen LogP contribution in [0.1, 0.15) is 44.7 Å². The molecule has 0 saturated carbocycles. The minimum atomic E-state index is -0.471. The fourth-order valence-electron chi connectivity index (χ4n) is 4.27. The van der Waals surface area contributed by atoms with E-state index in [1.165, 1.54) is 11.7 Å². The molecule has 0 spiro atoms. The highest BCUT2D eigenvalue weighted by Gasteiger charge is 2.44. The first-order valence-corrected chi connectivity index (χ1v) is 10.4. The van der Waals surface area contributed by atoms with E-state index in [2.05, 4.69) is 20.6 Å². The maximum atomic E-state index is 13.6. The summed E-state index contributed by atoms with van der Waals surface area (Å²) in [5.41, 5.74) is 4.73. The predicted octanol–water partition coefficient (Wildman–Crippen LogP) is 3.44. The Hall–Kier alpha value is -3.72. The van der Waals surface area contributed by atoms with Gasteiger partial charge < -0.3 is 5.32 Å². The molecule has 2 amide bonds. The Balaban J connectivity index is 1.75. The van der Waals surface area contributed by atoms with Crippen molar-refractivity contribution in [3.63, 3.8) is 0 Å². The van der Waals surface area contributed by atoms with Gasteiger partial charge in [0.05, 0.1) is 17.4 Å². The van der Waals surface area contributed by atoms with Crippen molar-refractivity contribution >= 4 is 34.9 Å². The number of nitrogens with zero attached hydrogens (tertiary/aromatic N) is 6. The number of fused-ring (bicyclic) bond motifs is 2. The highest BCUT2D eigenvalue weighted by atomic mass is 35.5. The normalized spacial score (nSPS) is 15.5. The average molecular weight is 450 g/mol. The number of pyridine rings is 1. The summed E-state index contributed by atoms with van der Waals surface area (Å²) in [6.45, 7) is 5.58. The van der Waals surface area contributed by atoms with Gasteiger partial charge in [-0.3, -0.25) is 14.1 Å². The molecule has 0 bridgehead atoms. The molecule has 1 aliphatic heterocycles. The predicted molar refractivity (Wildman–Crippen MR) is 119 cm³/mol. The second-order valence-electron chi connectivity index (χ2n) is 7.77. The topological polar surface area (TPSA) is 97.4 Å². The number of hydrogen-bond acceptors (Lipinski definition) is 5. The van der Waals surface area contributed by atoms with Crippen molar-refractivity contribution in [2.45, 2.75) is 26.8 Å².